The van der Waals surface area contributed by atoms with Crippen molar-refractivity contribution in [3.8, 4) is 5.75 Å². The number of alkyl halides is 2. The van der Waals surface area contributed by atoms with E-state index in [4.69, 9.17) is 4.74 Å². The van der Waals surface area contributed by atoms with E-state index in [0.29, 0.717) is 126 Å². The maximum absolute atomic E-state index is 14.1. The molecule has 7 N–H and O–H groups in total. The Morgan fingerprint density at radius 1 is 0.695 bits per heavy atom. The summed E-state index contributed by atoms with van der Waals surface area (Å²) in [5.74, 6) is -7.40. The summed E-state index contributed by atoms with van der Waals surface area (Å²) in [4.78, 5) is 140. The zero-order valence-electron chi connectivity index (χ0n) is 55.1. The van der Waals surface area contributed by atoms with Gasteiger partial charge in [0.1, 0.15) is 11.8 Å². The molecule has 0 radical (unpaired) electrons. The van der Waals surface area contributed by atoms with Gasteiger partial charge in [-0.3, -0.25) is 82.6 Å². The fourth-order valence-corrected chi connectivity index (χ4v) is 11.7. The number of carbonyl (C=O) groups is 9. The number of aliphatic carboxylic acids is 3. The summed E-state index contributed by atoms with van der Waals surface area (Å²) in [7, 11) is 1.45. The molecule has 95 heavy (non-hydrogen) atoms. The number of aromatic nitrogens is 1. The van der Waals surface area contributed by atoms with Gasteiger partial charge in [-0.1, -0.05) is 36.2 Å². The van der Waals surface area contributed by atoms with Crippen molar-refractivity contribution in [3.05, 3.63) is 71.4 Å². The van der Waals surface area contributed by atoms with Gasteiger partial charge in [-0.15, -0.1) is 0 Å². The number of aliphatic imine (C=N–C) groups is 2. The van der Waals surface area contributed by atoms with Gasteiger partial charge in [0.25, 0.3) is 11.8 Å². The van der Waals surface area contributed by atoms with Crippen LogP contribution in [-0.2, 0) is 44.8 Å². The van der Waals surface area contributed by atoms with E-state index in [0.717, 1.165) is 23.4 Å². The predicted molar refractivity (Wildman–Crippen MR) is 353 cm³/mol. The van der Waals surface area contributed by atoms with Crippen molar-refractivity contribution in [2.45, 2.75) is 109 Å². The molecule has 29 heteroatoms. The highest BCUT2D eigenvalue weighted by molar-refractivity contribution is 6.07. The van der Waals surface area contributed by atoms with Crippen LogP contribution in [0.25, 0.3) is 10.9 Å². The average molecular weight is 1330 g/mol. The first-order valence-electron chi connectivity index (χ1n) is 32.9. The van der Waals surface area contributed by atoms with Crippen LogP contribution in [-0.4, -0.2) is 289 Å². The Morgan fingerprint density at radius 3 is 1.94 bits per heavy atom. The maximum Gasteiger partial charge on any atom is 0.317 e. The minimum atomic E-state index is -3.05. The Labute approximate surface area is 554 Å². The van der Waals surface area contributed by atoms with Crippen LogP contribution in [0.4, 0.5) is 8.78 Å². The van der Waals surface area contributed by atoms with E-state index < -0.39 is 73.1 Å². The molecule has 0 aliphatic carbocycles. The zero-order valence-corrected chi connectivity index (χ0v) is 55.1. The smallest absolute Gasteiger partial charge is 0.317 e. The lowest BCUT2D eigenvalue weighted by molar-refractivity contribution is -0.140. The van der Waals surface area contributed by atoms with Gasteiger partial charge in [0.05, 0.1) is 68.8 Å². The summed E-state index contributed by atoms with van der Waals surface area (Å²) in [5, 5.41) is 40.7. The Morgan fingerprint density at radius 2 is 1.32 bits per heavy atom. The lowest BCUT2D eigenvalue weighted by Crippen LogP contribution is -2.52. The molecular formula is C66H96F2N14O13. The van der Waals surface area contributed by atoms with Crippen molar-refractivity contribution in [1.82, 2.24) is 60.6 Å². The first kappa shape index (κ1) is 75.9. The van der Waals surface area contributed by atoms with Crippen LogP contribution in [0.2, 0.25) is 0 Å². The number of pyridine rings is 1. The number of aryl methyl sites for hydroxylation is 2. The molecule has 3 fully saturated rings. The molecule has 3 saturated heterocycles. The summed E-state index contributed by atoms with van der Waals surface area (Å²) in [6.45, 7) is 7.48. The minimum absolute atomic E-state index is 0.0525. The summed E-state index contributed by atoms with van der Waals surface area (Å²) < 4.78 is 34.4. The number of amidine groups is 1. The number of carboxylic acid groups (broad SMARTS) is 3. The van der Waals surface area contributed by atoms with Crippen LogP contribution < -0.4 is 26.0 Å². The Bertz CT molecular complexity index is 3060. The van der Waals surface area contributed by atoms with Gasteiger partial charge in [-0.05, 0) is 95.0 Å². The second kappa shape index (κ2) is 39.7. The normalized spacial score (nSPS) is 17.8. The molecule has 2 aromatic carbocycles. The van der Waals surface area contributed by atoms with Crippen LogP contribution in [0, 0.1) is 6.92 Å². The number of unbranched alkanes of at least 4 members (excludes halogenated alkanes) is 3. The Kier molecular flexibility index (Phi) is 31.7. The molecule has 2 atom stereocenters. The number of nitrogens with zero attached hydrogens (tertiary/aromatic N) is 10. The van der Waals surface area contributed by atoms with Crippen molar-refractivity contribution in [2.24, 2.45) is 9.98 Å². The number of halogens is 2. The summed E-state index contributed by atoms with van der Waals surface area (Å²) in [5.41, 5.74) is 3.11. The summed E-state index contributed by atoms with van der Waals surface area (Å²) in [6, 6.07) is 13.1. The Hall–Kier alpha value is -8.12. The highest BCUT2D eigenvalue weighted by Crippen LogP contribution is 2.31. The number of ether oxygens (including phenoxy) is 1. The molecule has 6 rings (SSSR count). The van der Waals surface area contributed by atoms with Crippen LogP contribution in [0.15, 0.2) is 64.7 Å². The first-order chi connectivity index (χ1) is 45.5. The molecule has 3 aromatic rings. The SMILES string of the molecule is C/N=C/[C@H]1CC(F)(F)CN1C(=O)CNC(=O)c1ccnc2ccc(OCCCN3CCN(C(=O)CCCCCNC(=O)C(CCCC/N=C(\C)NC(=O)CCCc4ccc(C)cc4)NC(=O)CN4CCN(CC(=O)O)CCN(CC(=O)O)CCN(CC(=O)O)CC4)CC3)cc12. The molecule has 4 heterocycles. The number of hydrogen-bond donors (Lipinski definition) is 7. The van der Waals surface area contributed by atoms with E-state index in [2.05, 4.69) is 53.3 Å². The van der Waals surface area contributed by atoms with E-state index in [1.807, 2.05) is 24.0 Å². The number of carboxylic acids is 3. The number of amides is 6. The quantitative estimate of drug-likeness (QED) is 0.0257. The summed E-state index contributed by atoms with van der Waals surface area (Å²) in [6.07, 6.45) is 8.28. The van der Waals surface area contributed by atoms with E-state index in [9.17, 15) is 67.3 Å². The van der Waals surface area contributed by atoms with E-state index in [-0.39, 0.29) is 108 Å². The van der Waals surface area contributed by atoms with E-state index >= 15 is 0 Å². The molecule has 0 bridgehead atoms. The van der Waals surface area contributed by atoms with Crippen molar-refractivity contribution < 1.29 is 72.0 Å². The number of hydrogen-bond acceptors (Lipinski definition) is 18. The van der Waals surface area contributed by atoms with Crippen LogP contribution >= 0.6 is 0 Å². The third-order valence-corrected chi connectivity index (χ3v) is 16.9. The molecule has 1 unspecified atom stereocenters. The van der Waals surface area contributed by atoms with Gasteiger partial charge in [0.15, 0.2) is 0 Å². The van der Waals surface area contributed by atoms with Gasteiger partial charge in [0, 0.05) is 142 Å². The van der Waals surface area contributed by atoms with Gasteiger partial charge in [0.2, 0.25) is 29.5 Å². The first-order valence-corrected chi connectivity index (χ1v) is 32.9. The van der Waals surface area contributed by atoms with Crippen molar-refractivity contribution in [1.29, 1.82) is 0 Å². The average Bonchev–Trinajstić information content (AvgIpc) is 1.79. The standard InChI is InChI=1S/C66H96F2N14O13/c1-48-15-17-50(18-16-48)11-9-13-57(83)74-49(2)70-22-8-6-12-56(75-58(84)43-77-26-28-78(44-61(87)88)30-32-80(46-63(91)92)33-31-79(29-27-77)45-62(89)90)65(94)72-23-7-4-5-14-59(85)81-36-34-76(35-37-81)25-10-38-95-52-19-20-55-54(39-52)53(21-24-71-55)64(93)73-42-60(86)82-47-66(67,68)40-51(82)41-69-3/h15-21,24,39,41,51,56H,4-14,22-23,25-38,40,42-47H2,1-3H3,(H,72,94)(H,73,93)(H,75,84)(H,87,88)(H,89,90)(H,91,92)(H,70,74,83)/b69-41+/t51-,56?/m1/s1. The molecule has 27 nitrogen and oxygen atoms in total. The number of likely N-dealkylation sites (tertiary alicyclic amines) is 1. The molecule has 1 aromatic heterocycles. The second-order valence-electron chi connectivity index (χ2n) is 24.6. The van der Waals surface area contributed by atoms with Crippen LogP contribution in [0.1, 0.15) is 99.0 Å². The fraction of sp³-hybridized carbons (Fsp3) is 0.606. The Balaban J connectivity index is 0.932. The van der Waals surface area contributed by atoms with Crippen molar-refractivity contribution >= 4 is 76.3 Å². The number of carbonyl (C=O) groups excluding carboxylic acids is 6. The third kappa shape index (κ3) is 28.0. The number of piperazine rings is 1. The lowest BCUT2D eigenvalue weighted by atomic mass is 10.1. The van der Waals surface area contributed by atoms with Gasteiger partial charge < -0.3 is 51.1 Å². The number of nitrogens with one attached hydrogen (secondary N) is 4. The van der Waals surface area contributed by atoms with E-state index in [1.54, 1.807) is 44.7 Å². The fourth-order valence-electron chi connectivity index (χ4n) is 11.7. The number of rotatable bonds is 34. The number of benzene rings is 2. The zero-order chi connectivity index (χ0) is 68.7. The number of fused-ring (bicyclic) bond motifs is 1. The minimum Gasteiger partial charge on any atom is -0.494 e. The molecule has 3 aliphatic heterocycles. The lowest BCUT2D eigenvalue weighted by Gasteiger charge is -2.34. The molecule has 522 valence electrons. The van der Waals surface area contributed by atoms with E-state index in [1.165, 1.54) is 31.1 Å². The maximum atomic E-state index is 14.1. The van der Waals surface area contributed by atoms with Gasteiger partial charge >= 0.3 is 17.9 Å². The molecule has 3 aliphatic rings. The molecular weight excluding hydrogens is 1230 g/mol. The van der Waals surface area contributed by atoms with Gasteiger partial charge in [-0.2, -0.15) is 0 Å². The molecule has 0 spiro atoms. The topological polar surface area (TPSA) is 332 Å². The molecule has 6 amide bonds. The highest BCUT2D eigenvalue weighted by atomic mass is 19.3. The van der Waals surface area contributed by atoms with Crippen molar-refractivity contribution in [2.75, 3.05) is 151 Å². The van der Waals surface area contributed by atoms with Crippen molar-refractivity contribution in [3.63, 3.8) is 0 Å². The highest BCUT2D eigenvalue weighted by Gasteiger charge is 2.46. The largest absolute Gasteiger partial charge is 0.494 e. The van der Waals surface area contributed by atoms with Gasteiger partial charge in [-0.25, -0.2) is 8.78 Å². The van der Waals surface area contributed by atoms with Crippen LogP contribution in [0.3, 0.4) is 0 Å². The second-order valence-corrected chi connectivity index (χ2v) is 24.6. The molecule has 0 saturated carbocycles. The van der Waals surface area contributed by atoms with Crippen LogP contribution in [0.5, 0.6) is 5.75 Å². The predicted octanol–water partition coefficient (Wildman–Crippen LogP) is 2.49. The third-order valence-electron chi connectivity index (χ3n) is 16.9. The summed E-state index contributed by atoms with van der Waals surface area (Å²) >= 11 is 0. The monoisotopic (exact) mass is 1330 g/mol.